The third-order valence-electron chi connectivity index (χ3n) is 2.37. The predicted octanol–water partition coefficient (Wildman–Crippen LogP) is 5.43. The Morgan fingerprint density at radius 1 is 0.800 bits per heavy atom. The van der Waals surface area contributed by atoms with Crippen LogP contribution in [0.1, 0.15) is 58.3 Å². The summed E-state index contributed by atoms with van der Waals surface area (Å²) in [5, 5.41) is 0. The summed E-state index contributed by atoms with van der Waals surface area (Å²) in [5.74, 6) is 0. The molecule has 0 saturated heterocycles. The van der Waals surface area contributed by atoms with Crippen molar-refractivity contribution in [2.45, 2.75) is 58.3 Å². The van der Waals surface area contributed by atoms with Crippen molar-refractivity contribution in [3.8, 4) is 0 Å². The van der Waals surface area contributed by atoms with Gasteiger partial charge in [-0.15, -0.1) is 6.58 Å². The Labute approximate surface area is 95.8 Å². The molecule has 0 radical (unpaired) electrons. The van der Waals surface area contributed by atoms with Crippen LogP contribution in [0.2, 0.25) is 0 Å². The van der Waals surface area contributed by atoms with Crippen LogP contribution in [0.4, 0.5) is 0 Å². The molecule has 0 aliphatic heterocycles. The molecule has 0 saturated carbocycles. The third kappa shape index (κ3) is 13.2. The molecule has 0 fully saturated rings. The topological polar surface area (TPSA) is 0 Å². The highest BCUT2D eigenvalue weighted by Crippen LogP contribution is 2.03. The number of hydrogen-bond acceptors (Lipinski definition) is 0. The van der Waals surface area contributed by atoms with Crippen LogP contribution >= 0.6 is 0 Å². The third-order valence-corrected chi connectivity index (χ3v) is 2.37. The van der Waals surface area contributed by atoms with Crippen LogP contribution in [-0.4, -0.2) is 0 Å². The molecule has 0 bridgehead atoms. The Kier molecular flexibility index (Phi) is 12.5. The minimum absolute atomic E-state index is 1.09. The van der Waals surface area contributed by atoms with Gasteiger partial charge >= 0.3 is 0 Å². The molecule has 0 nitrogen and oxygen atoms in total. The molecule has 86 valence electrons. The van der Waals surface area contributed by atoms with Gasteiger partial charge in [-0.3, -0.25) is 0 Å². The van der Waals surface area contributed by atoms with Gasteiger partial charge in [0.15, 0.2) is 0 Å². The van der Waals surface area contributed by atoms with Crippen LogP contribution in [0.5, 0.6) is 0 Å². The van der Waals surface area contributed by atoms with Crippen molar-refractivity contribution in [2.24, 2.45) is 0 Å². The Hall–Kier alpha value is -0.780. The molecule has 0 aromatic carbocycles. The summed E-state index contributed by atoms with van der Waals surface area (Å²) in [5.41, 5.74) is 0. The first-order chi connectivity index (χ1) is 7.41. The highest BCUT2D eigenvalue weighted by molar-refractivity contribution is 4.93. The molecule has 0 spiro atoms. The van der Waals surface area contributed by atoms with Crippen LogP contribution in [-0.2, 0) is 0 Å². The fraction of sp³-hybridized carbons (Fsp3) is 0.600. The summed E-state index contributed by atoms with van der Waals surface area (Å²) in [4.78, 5) is 0. The fourth-order valence-corrected chi connectivity index (χ4v) is 1.41. The summed E-state index contributed by atoms with van der Waals surface area (Å²) >= 11 is 0. The van der Waals surface area contributed by atoms with Crippen LogP contribution in [0.25, 0.3) is 0 Å². The lowest BCUT2D eigenvalue weighted by Gasteiger charge is -1.93. The highest BCUT2D eigenvalue weighted by atomic mass is 13.9. The zero-order valence-corrected chi connectivity index (χ0v) is 10.3. The number of rotatable bonds is 10. The van der Waals surface area contributed by atoms with Gasteiger partial charge in [-0.2, -0.15) is 0 Å². The van der Waals surface area contributed by atoms with Gasteiger partial charge in [-0.05, 0) is 32.1 Å². The second-order valence-corrected chi connectivity index (χ2v) is 3.89. The number of allylic oxidation sites excluding steroid dienone is 5. The van der Waals surface area contributed by atoms with Crippen molar-refractivity contribution in [3.63, 3.8) is 0 Å². The van der Waals surface area contributed by atoms with E-state index in [-0.39, 0.29) is 0 Å². The number of unbranched alkanes of at least 4 members (excludes halogenated alkanes) is 5. The van der Waals surface area contributed by atoms with E-state index in [0.29, 0.717) is 0 Å². The molecule has 0 unspecified atom stereocenters. The molecule has 0 amide bonds. The van der Waals surface area contributed by atoms with Gasteiger partial charge in [0.1, 0.15) is 0 Å². The quantitative estimate of drug-likeness (QED) is 0.330. The Balaban J connectivity index is 3.16. The molecule has 0 heterocycles. The standard InChI is InChI=1S/C15H26/c1-3-5-7-9-11-13-15-14-12-10-8-6-4-2/h3,9,11,14-15H,1,4-8,10,12-13H2,2H3/b11-9+,15-14+. The van der Waals surface area contributed by atoms with E-state index in [4.69, 9.17) is 0 Å². The summed E-state index contributed by atoms with van der Waals surface area (Å²) in [6.07, 6.45) is 21.1. The van der Waals surface area contributed by atoms with E-state index in [1.54, 1.807) is 0 Å². The van der Waals surface area contributed by atoms with Gasteiger partial charge in [0.05, 0.1) is 0 Å². The second kappa shape index (κ2) is 13.2. The minimum Gasteiger partial charge on any atom is -0.103 e. The molecular formula is C15H26. The minimum atomic E-state index is 1.09. The first-order valence-corrected chi connectivity index (χ1v) is 6.32. The molecule has 0 aromatic rings. The van der Waals surface area contributed by atoms with Gasteiger partial charge in [0.25, 0.3) is 0 Å². The zero-order chi connectivity index (χ0) is 11.2. The van der Waals surface area contributed by atoms with Gasteiger partial charge in [-0.1, -0.05) is 56.6 Å². The molecule has 0 atom stereocenters. The van der Waals surface area contributed by atoms with E-state index in [1.165, 1.54) is 32.1 Å². The van der Waals surface area contributed by atoms with Gasteiger partial charge in [0, 0.05) is 0 Å². The maximum absolute atomic E-state index is 3.70. The largest absolute Gasteiger partial charge is 0.103 e. The SMILES string of the molecule is C=CCC/C=C/C/C=C/CCCCCC. The van der Waals surface area contributed by atoms with E-state index in [0.717, 1.165) is 19.3 Å². The smallest absolute Gasteiger partial charge is 0.0169 e. The fourth-order valence-electron chi connectivity index (χ4n) is 1.41. The van der Waals surface area contributed by atoms with Crippen LogP contribution in [0.15, 0.2) is 37.0 Å². The van der Waals surface area contributed by atoms with Gasteiger partial charge in [0.2, 0.25) is 0 Å². The maximum atomic E-state index is 3.70. The predicted molar refractivity (Wildman–Crippen MR) is 71.1 cm³/mol. The van der Waals surface area contributed by atoms with E-state index in [1.807, 2.05) is 6.08 Å². The van der Waals surface area contributed by atoms with Gasteiger partial charge < -0.3 is 0 Å². The normalized spacial score (nSPS) is 11.5. The summed E-state index contributed by atoms with van der Waals surface area (Å²) in [7, 11) is 0. The summed E-state index contributed by atoms with van der Waals surface area (Å²) in [6, 6.07) is 0. The average Bonchev–Trinajstić information content (AvgIpc) is 2.26. The van der Waals surface area contributed by atoms with Crippen molar-refractivity contribution in [2.75, 3.05) is 0 Å². The maximum Gasteiger partial charge on any atom is -0.0169 e. The molecule has 0 aromatic heterocycles. The molecule has 0 heteroatoms. The van der Waals surface area contributed by atoms with Crippen molar-refractivity contribution in [1.82, 2.24) is 0 Å². The van der Waals surface area contributed by atoms with Crippen molar-refractivity contribution >= 4 is 0 Å². The van der Waals surface area contributed by atoms with Crippen LogP contribution in [0, 0.1) is 0 Å². The lowest BCUT2D eigenvalue weighted by atomic mass is 10.1. The molecule has 15 heavy (non-hydrogen) atoms. The second-order valence-electron chi connectivity index (χ2n) is 3.89. The molecule has 0 N–H and O–H groups in total. The lowest BCUT2D eigenvalue weighted by Crippen LogP contribution is -1.73. The molecular weight excluding hydrogens is 180 g/mol. The Morgan fingerprint density at radius 2 is 1.53 bits per heavy atom. The van der Waals surface area contributed by atoms with E-state index in [9.17, 15) is 0 Å². The molecule has 0 aliphatic carbocycles. The van der Waals surface area contributed by atoms with E-state index >= 15 is 0 Å². The molecule has 0 rings (SSSR count). The first-order valence-electron chi connectivity index (χ1n) is 6.32. The zero-order valence-electron chi connectivity index (χ0n) is 10.3. The summed E-state index contributed by atoms with van der Waals surface area (Å²) in [6.45, 7) is 5.95. The monoisotopic (exact) mass is 206 g/mol. The van der Waals surface area contributed by atoms with Gasteiger partial charge in [-0.25, -0.2) is 0 Å². The number of hydrogen-bond donors (Lipinski definition) is 0. The van der Waals surface area contributed by atoms with Crippen molar-refractivity contribution in [1.29, 1.82) is 0 Å². The van der Waals surface area contributed by atoms with Crippen LogP contribution in [0.3, 0.4) is 0 Å². The Morgan fingerprint density at radius 3 is 2.20 bits per heavy atom. The Bertz CT molecular complexity index is 174. The average molecular weight is 206 g/mol. The van der Waals surface area contributed by atoms with Crippen molar-refractivity contribution in [3.05, 3.63) is 37.0 Å². The first kappa shape index (κ1) is 14.2. The van der Waals surface area contributed by atoms with Crippen molar-refractivity contribution < 1.29 is 0 Å². The lowest BCUT2D eigenvalue weighted by molar-refractivity contribution is 0.674. The van der Waals surface area contributed by atoms with E-state index < -0.39 is 0 Å². The van der Waals surface area contributed by atoms with Crippen LogP contribution < -0.4 is 0 Å². The highest BCUT2D eigenvalue weighted by Gasteiger charge is 1.83. The van der Waals surface area contributed by atoms with E-state index in [2.05, 4.69) is 37.8 Å². The molecule has 0 aliphatic rings. The summed E-state index contributed by atoms with van der Waals surface area (Å²) < 4.78 is 0.